The molecule has 2 rings (SSSR count). The van der Waals surface area contributed by atoms with Gasteiger partial charge in [-0.3, -0.25) is 9.59 Å². The lowest BCUT2D eigenvalue weighted by molar-refractivity contribution is -0.147. The van der Waals surface area contributed by atoms with Crippen molar-refractivity contribution in [3.05, 3.63) is 29.3 Å². The van der Waals surface area contributed by atoms with Crippen molar-refractivity contribution in [2.45, 2.75) is 25.9 Å². The zero-order valence-corrected chi connectivity index (χ0v) is 12.5. The largest absolute Gasteiger partial charge is 0.481 e. The van der Waals surface area contributed by atoms with Gasteiger partial charge in [-0.2, -0.15) is 0 Å². The van der Waals surface area contributed by atoms with Gasteiger partial charge in [0.05, 0.1) is 5.92 Å². The summed E-state index contributed by atoms with van der Waals surface area (Å²) >= 11 is 5.87. The van der Waals surface area contributed by atoms with Crippen molar-refractivity contribution >= 4 is 23.5 Å². The number of carboxylic acids is 1. The molecule has 1 aliphatic heterocycles. The summed E-state index contributed by atoms with van der Waals surface area (Å²) in [4.78, 5) is 24.8. The van der Waals surface area contributed by atoms with E-state index in [1.54, 1.807) is 36.1 Å². The van der Waals surface area contributed by atoms with E-state index in [9.17, 15) is 9.59 Å². The molecule has 1 aliphatic rings. The highest BCUT2D eigenvalue weighted by atomic mass is 35.5. The van der Waals surface area contributed by atoms with E-state index in [4.69, 9.17) is 21.4 Å². The van der Waals surface area contributed by atoms with Crippen LogP contribution >= 0.6 is 11.6 Å². The molecule has 1 fully saturated rings. The molecule has 0 spiro atoms. The summed E-state index contributed by atoms with van der Waals surface area (Å²) in [5.41, 5.74) is 0. The molecule has 1 aromatic carbocycles. The average Bonchev–Trinajstić information content (AvgIpc) is 2.46. The summed E-state index contributed by atoms with van der Waals surface area (Å²) in [7, 11) is 0. The first kappa shape index (κ1) is 15.6. The van der Waals surface area contributed by atoms with Crippen molar-refractivity contribution < 1.29 is 19.4 Å². The highest BCUT2D eigenvalue weighted by Crippen LogP contribution is 2.21. The second-order valence-corrected chi connectivity index (χ2v) is 5.59. The van der Waals surface area contributed by atoms with Crippen LogP contribution in [0.5, 0.6) is 5.75 Å². The zero-order valence-electron chi connectivity index (χ0n) is 11.8. The lowest BCUT2D eigenvalue weighted by atomic mass is 9.97. The van der Waals surface area contributed by atoms with Crippen LogP contribution in [-0.2, 0) is 9.59 Å². The first-order valence-electron chi connectivity index (χ1n) is 6.91. The van der Waals surface area contributed by atoms with E-state index < -0.39 is 12.1 Å². The minimum Gasteiger partial charge on any atom is -0.481 e. The quantitative estimate of drug-likeness (QED) is 0.927. The molecular formula is C15H18ClNO4. The van der Waals surface area contributed by atoms with Gasteiger partial charge in [-0.1, -0.05) is 17.7 Å². The number of hydrogen-bond donors (Lipinski definition) is 1. The maximum absolute atomic E-state index is 12.3. The van der Waals surface area contributed by atoms with Crippen molar-refractivity contribution in [3.63, 3.8) is 0 Å². The maximum atomic E-state index is 12.3. The molecule has 0 aromatic heterocycles. The monoisotopic (exact) mass is 311 g/mol. The number of likely N-dealkylation sites (tertiary alicyclic amines) is 1. The summed E-state index contributed by atoms with van der Waals surface area (Å²) in [6.07, 6.45) is 0.362. The number of amides is 1. The number of aliphatic carboxylic acids is 1. The molecule has 1 atom stereocenters. The van der Waals surface area contributed by atoms with Gasteiger partial charge in [-0.05, 0) is 38.0 Å². The standard InChI is InChI=1S/C15H18ClNO4/c1-10(21-13-4-2-3-12(16)9-13)14(18)17-7-5-11(6-8-17)15(19)20/h2-4,9-11H,5-8H2,1H3,(H,19,20). The summed E-state index contributed by atoms with van der Waals surface area (Å²) in [5, 5.41) is 9.50. The van der Waals surface area contributed by atoms with Crippen LogP contribution < -0.4 is 4.74 Å². The molecule has 21 heavy (non-hydrogen) atoms. The van der Waals surface area contributed by atoms with E-state index in [-0.39, 0.29) is 11.8 Å². The fourth-order valence-corrected chi connectivity index (χ4v) is 2.58. The van der Waals surface area contributed by atoms with Gasteiger partial charge in [0.2, 0.25) is 0 Å². The molecule has 0 aliphatic carbocycles. The third-order valence-electron chi connectivity index (χ3n) is 3.61. The van der Waals surface area contributed by atoms with Crippen molar-refractivity contribution in [2.75, 3.05) is 13.1 Å². The van der Waals surface area contributed by atoms with Gasteiger partial charge in [0, 0.05) is 18.1 Å². The van der Waals surface area contributed by atoms with Gasteiger partial charge in [0.1, 0.15) is 5.75 Å². The summed E-state index contributed by atoms with van der Waals surface area (Å²) in [6, 6.07) is 6.89. The van der Waals surface area contributed by atoms with Crippen LogP contribution in [0, 0.1) is 5.92 Å². The molecule has 1 saturated heterocycles. The molecule has 0 bridgehead atoms. The van der Waals surface area contributed by atoms with Gasteiger partial charge in [0.25, 0.3) is 5.91 Å². The predicted molar refractivity (Wildman–Crippen MR) is 78.5 cm³/mol. The topological polar surface area (TPSA) is 66.8 Å². The molecule has 0 saturated carbocycles. The lowest BCUT2D eigenvalue weighted by Gasteiger charge is -2.32. The van der Waals surface area contributed by atoms with Gasteiger partial charge in [-0.25, -0.2) is 0 Å². The Hall–Kier alpha value is -1.75. The Bertz CT molecular complexity index is 526. The lowest BCUT2D eigenvalue weighted by Crippen LogP contribution is -2.45. The third kappa shape index (κ3) is 4.11. The van der Waals surface area contributed by atoms with E-state index in [0.29, 0.717) is 36.7 Å². The molecule has 1 unspecified atom stereocenters. The van der Waals surface area contributed by atoms with E-state index >= 15 is 0 Å². The molecule has 0 radical (unpaired) electrons. The summed E-state index contributed by atoms with van der Waals surface area (Å²) < 4.78 is 5.59. The second-order valence-electron chi connectivity index (χ2n) is 5.16. The van der Waals surface area contributed by atoms with Gasteiger partial charge in [-0.15, -0.1) is 0 Å². The normalized spacial score (nSPS) is 17.3. The van der Waals surface area contributed by atoms with E-state index in [0.717, 1.165) is 0 Å². The molecule has 5 nitrogen and oxygen atoms in total. The van der Waals surface area contributed by atoms with Gasteiger partial charge in [0.15, 0.2) is 6.10 Å². The number of carboxylic acid groups (broad SMARTS) is 1. The molecule has 1 N–H and O–H groups in total. The second kappa shape index (κ2) is 6.80. The number of halogens is 1. The number of hydrogen-bond acceptors (Lipinski definition) is 3. The number of nitrogens with zero attached hydrogens (tertiary/aromatic N) is 1. The Morgan fingerprint density at radius 2 is 2.05 bits per heavy atom. The Labute approximate surface area is 128 Å². The first-order chi connectivity index (χ1) is 9.97. The van der Waals surface area contributed by atoms with E-state index in [1.165, 1.54) is 0 Å². The van der Waals surface area contributed by atoms with E-state index in [1.807, 2.05) is 0 Å². The highest BCUT2D eigenvalue weighted by molar-refractivity contribution is 6.30. The van der Waals surface area contributed by atoms with E-state index in [2.05, 4.69) is 0 Å². The van der Waals surface area contributed by atoms with Crippen LogP contribution in [0.15, 0.2) is 24.3 Å². The van der Waals surface area contributed by atoms with Crippen LogP contribution in [0.1, 0.15) is 19.8 Å². The van der Waals surface area contributed by atoms with Crippen LogP contribution in [0.3, 0.4) is 0 Å². The van der Waals surface area contributed by atoms with Crippen molar-refractivity contribution in [3.8, 4) is 5.75 Å². The maximum Gasteiger partial charge on any atom is 0.306 e. The van der Waals surface area contributed by atoms with Crippen molar-refractivity contribution in [2.24, 2.45) is 5.92 Å². The number of benzene rings is 1. The van der Waals surface area contributed by atoms with Crippen molar-refractivity contribution in [1.82, 2.24) is 4.90 Å². The van der Waals surface area contributed by atoms with Gasteiger partial charge >= 0.3 is 5.97 Å². The van der Waals surface area contributed by atoms with Crippen LogP contribution in [0.25, 0.3) is 0 Å². The average molecular weight is 312 g/mol. The Morgan fingerprint density at radius 3 is 2.62 bits per heavy atom. The molecule has 114 valence electrons. The smallest absolute Gasteiger partial charge is 0.306 e. The SMILES string of the molecule is CC(Oc1cccc(Cl)c1)C(=O)N1CCC(C(=O)O)CC1. The molecule has 6 heteroatoms. The number of ether oxygens (including phenoxy) is 1. The summed E-state index contributed by atoms with van der Waals surface area (Å²) in [6.45, 7) is 2.60. The number of piperidine rings is 1. The third-order valence-corrected chi connectivity index (χ3v) is 3.85. The molecule has 1 heterocycles. The Morgan fingerprint density at radius 1 is 1.38 bits per heavy atom. The predicted octanol–water partition coefficient (Wildman–Crippen LogP) is 2.43. The number of carbonyl (C=O) groups is 2. The van der Waals surface area contributed by atoms with Gasteiger partial charge < -0.3 is 14.7 Å². The first-order valence-corrected chi connectivity index (χ1v) is 7.29. The summed E-state index contributed by atoms with van der Waals surface area (Å²) in [5.74, 6) is -0.717. The van der Waals surface area contributed by atoms with Crippen molar-refractivity contribution in [1.29, 1.82) is 0 Å². The zero-order chi connectivity index (χ0) is 15.4. The Kier molecular flexibility index (Phi) is 5.07. The molecule has 1 amide bonds. The van der Waals surface area contributed by atoms with Crippen LogP contribution in [0.4, 0.5) is 0 Å². The van der Waals surface area contributed by atoms with Crippen LogP contribution in [-0.4, -0.2) is 41.1 Å². The molecular weight excluding hydrogens is 294 g/mol. The number of carbonyl (C=O) groups excluding carboxylic acids is 1. The van der Waals surface area contributed by atoms with Crippen LogP contribution in [0.2, 0.25) is 5.02 Å². The highest BCUT2D eigenvalue weighted by Gasteiger charge is 2.29. The number of rotatable bonds is 4. The molecule has 1 aromatic rings. The minimum absolute atomic E-state index is 0.126. The fraction of sp³-hybridized carbons (Fsp3) is 0.467. The Balaban J connectivity index is 1.90. The fourth-order valence-electron chi connectivity index (χ4n) is 2.40. The minimum atomic E-state index is -0.787.